The Kier molecular flexibility index (Phi) is 39.0. The summed E-state index contributed by atoms with van der Waals surface area (Å²) in [4.78, 5) is 32.1. The standard InChI is InChI=1S/C24H48O2.C20H38O4/c1-5-6-7-8-9-10-11-12-13-14-15-16-17-18-19-20-21-22(23(25)26)24(2,3)4;21-19(22)17-15-13-11-9-7-5-3-1-2-4-6-8-10-12-14-16-18-20(23)24/h22H,5-21H2,1-4H3,(H,25,26);1-18H2,(H,21,22)(H,23,24). The summed E-state index contributed by atoms with van der Waals surface area (Å²) >= 11 is 0. The van der Waals surface area contributed by atoms with Crippen molar-refractivity contribution in [2.24, 2.45) is 11.3 Å². The van der Waals surface area contributed by atoms with Crippen molar-refractivity contribution in [2.45, 2.75) is 252 Å². The van der Waals surface area contributed by atoms with Crippen molar-refractivity contribution in [1.82, 2.24) is 0 Å². The minimum Gasteiger partial charge on any atom is -0.481 e. The smallest absolute Gasteiger partial charge is 0.307 e. The van der Waals surface area contributed by atoms with Gasteiger partial charge in [-0.25, -0.2) is 0 Å². The Morgan fingerprint density at radius 2 is 0.600 bits per heavy atom. The quantitative estimate of drug-likeness (QED) is 0.0553. The molecule has 50 heavy (non-hydrogen) atoms. The van der Waals surface area contributed by atoms with E-state index in [1.54, 1.807) is 0 Å². The van der Waals surface area contributed by atoms with Gasteiger partial charge in [-0.3, -0.25) is 14.4 Å². The van der Waals surface area contributed by atoms with Gasteiger partial charge in [-0.15, -0.1) is 0 Å². The van der Waals surface area contributed by atoms with Crippen molar-refractivity contribution in [1.29, 1.82) is 0 Å². The number of unbranched alkanes of at least 4 members (excludes halogenated alkanes) is 30. The lowest BCUT2D eigenvalue weighted by atomic mass is 9.78. The molecule has 1 unspecified atom stereocenters. The summed E-state index contributed by atoms with van der Waals surface area (Å²) in [6.07, 6.45) is 42.5. The van der Waals surface area contributed by atoms with Crippen LogP contribution in [0.3, 0.4) is 0 Å². The number of hydrogen-bond acceptors (Lipinski definition) is 3. The van der Waals surface area contributed by atoms with Gasteiger partial charge in [0.2, 0.25) is 0 Å². The van der Waals surface area contributed by atoms with Crippen LogP contribution in [0.5, 0.6) is 0 Å². The number of carbonyl (C=O) groups is 3. The average molecular weight is 711 g/mol. The van der Waals surface area contributed by atoms with Gasteiger partial charge in [0.05, 0.1) is 5.92 Å². The van der Waals surface area contributed by atoms with Crippen molar-refractivity contribution in [3.05, 3.63) is 0 Å². The van der Waals surface area contributed by atoms with E-state index in [0.29, 0.717) is 12.8 Å². The maximum absolute atomic E-state index is 11.3. The van der Waals surface area contributed by atoms with Crippen LogP contribution in [-0.2, 0) is 14.4 Å². The van der Waals surface area contributed by atoms with Gasteiger partial charge in [0.1, 0.15) is 0 Å². The molecule has 0 aromatic heterocycles. The summed E-state index contributed by atoms with van der Waals surface area (Å²) in [6, 6.07) is 0. The van der Waals surface area contributed by atoms with Crippen LogP contribution in [-0.4, -0.2) is 33.2 Å². The molecule has 0 aliphatic rings. The lowest BCUT2D eigenvalue weighted by Gasteiger charge is -2.26. The first-order valence-corrected chi connectivity index (χ1v) is 21.7. The summed E-state index contributed by atoms with van der Waals surface area (Å²) in [6.45, 7) is 8.40. The molecule has 0 heterocycles. The van der Waals surface area contributed by atoms with E-state index < -0.39 is 17.9 Å². The molecule has 0 aromatic rings. The Hall–Kier alpha value is -1.59. The molecule has 3 N–H and O–H groups in total. The molecule has 0 spiro atoms. The first-order valence-electron chi connectivity index (χ1n) is 21.7. The number of aliphatic carboxylic acids is 3. The molecule has 0 radical (unpaired) electrons. The fraction of sp³-hybridized carbons (Fsp3) is 0.932. The normalized spacial score (nSPS) is 12.0. The minimum absolute atomic E-state index is 0.124. The van der Waals surface area contributed by atoms with Crippen molar-refractivity contribution in [3.8, 4) is 0 Å². The molecule has 0 aliphatic heterocycles. The van der Waals surface area contributed by atoms with Crippen LogP contribution >= 0.6 is 0 Å². The van der Waals surface area contributed by atoms with Gasteiger partial charge in [-0.1, -0.05) is 220 Å². The van der Waals surface area contributed by atoms with E-state index in [4.69, 9.17) is 10.2 Å². The van der Waals surface area contributed by atoms with Crippen molar-refractivity contribution in [3.63, 3.8) is 0 Å². The summed E-state index contributed by atoms with van der Waals surface area (Å²) in [5, 5.41) is 26.4. The van der Waals surface area contributed by atoms with E-state index in [2.05, 4.69) is 6.92 Å². The number of rotatable bonds is 37. The third-order valence-corrected chi connectivity index (χ3v) is 10.2. The second-order valence-electron chi connectivity index (χ2n) is 16.3. The first kappa shape index (κ1) is 50.5. The molecule has 0 rings (SSSR count). The molecule has 0 amide bonds. The molecule has 0 aromatic carbocycles. The van der Waals surface area contributed by atoms with Gasteiger partial charge in [-0.05, 0) is 24.7 Å². The van der Waals surface area contributed by atoms with Crippen molar-refractivity contribution >= 4 is 17.9 Å². The Morgan fingerprint density at radius 3 is 0.800 bits per heavy atom. The zero-order chi connectivity index (χ0) is 37.6. The predicted molar refractivity (Wildman–Crippen MR) is 213 cm³/mol. The van der Waals surface area contributed by atoms with Gasteiger partial charge in [-0.2, -0.15) is 0 Å². The second-order valence-corrected chi connectivity index (χ2v) is 16.3. The van der Waals surface area contributed by atoms with Gasteiger partial charge in [0, 0.05) is 12.8 Å². The van der Waals surface area contributed by atoms with E-state index >= 15 is 0 Å². The monoisotopic (exact) mass is 711 g/mol. The summed E-state index contributed by atoms with van der Waals surface area (Å²) in [5.41, 5.74) is -0.124. The highest BCUT2D eigenvalue weighted by atomic mass is 16.4. The third kappa shape index (κ3) is 42.6. The predicted octanol–water partition coefficient (Wildman–Crippen LogP) is 14.6. The third-order valence-electron chi connectivity index (χ3n) is 10.2. The molecule has 0 bridgehead atoms. The SMILES string of the molecule is CCCCCCCCCCCCCCCCCCC(C(=O)O)C(C)(C)C.O=C(O)CCCCCCCCCCCCCCCCCCC(=O)O. The molecular weight excluding hydrogens is 624 g/mol. The molecular formula is C44H86O6. The maximum Gasteiger partial charge on any atom is 0.307 e. The molecule has 6 heteroatoms. The highest BCUT2D eigenvalue weighted by Crippen LogP contribution is 2.30. The number of carboxylic acids is 3. The van der Waals surface area contributed by atoms with Crippen LogP contribution in [0.15, 0.2) is 0 Å². The summed E-state index contributed by atoms with van der Waals surface area (Å²) in [7, 11) is 0. The van der Waals surface area contributed by atoms with Crippen molar-refractivity contribution < 1.29 is 29.7 Å². The fourth-order valence-corrected chi connectivity index (χ4v) is 6.85. The Morgan fingerprint density at radius 1 is 0.380 bits per heavy atom. The fourth-order valence-electron chi connectivity index (χ4n) is 6.85. The largest absolute Gasteiger partial charge is 0.481 e. The second kappa shape index (κ2) is 38.6. The van der Waals surface area contributed by atoms with E-state index in [0.717, 1.165) is 38.5 Å². The van der Waals surface area contributed by atoms with Crippen LogP contribution in [0.1, 0.15) is 252 Å². The average Bonchev–Trinajstić information content (AvgIpc) is 3.05. The molecule has 0 fully saturated rings. The summed E-state index contributed by atoms with van der Waals surface area (Å²) in [5.74, 6) is -2.17. The molecule has 0 saturated heterocycles. The van der Waals surface area contributed by atoms with E-state index in [1.807, 2.05) is 20.8 Å². The number of hydrogen-bond donors (Lipinski definition) is 3. The maximum atomic E-state index is 11.3. The van der Waals surface area contributed by atoms with Gasteiger partial charge in [0.15, 0.2) is 0 Å². The van der Waals surface area contributed by atoms with Crippen LogP contribution in [0.25, 0.3) is 0 Å². The Balaban J connectivity index is 0. The van der Waals surface area contributed by atoms with E-state index in [-0.39, 0.29) is 11.3 Å². The van der Waals surface area contributed by atoms with Crippen LogP contribution in [0, 0.1) is 11.3 Å². The topological polar surface area (TPSA) is 112 Å². The number of carboxylic acid groups (broad SMARTS) is 3. The van der Waals surface area contributed by atoms with Crippen LogP contribution in [0.2, 0.25) is 0 Å². The van der Waals surface area contributed by atoms with Crippen molar-refractivity contribution in [2.75, 3.05) is 0 Å². The first-order chi connectivity index (χ1) is 24.0. The van der Waals surface area contributed by atoms with Gasteiger partial charge in [0.25, 0.3) is 0 Å². The highest BCUT2D eigenvalue weighted by molar-refractivity contribution is 5.70. The zero-order valence-electron chi connectivity index (χ0n) is 33.9. The Bertz CT molecular complexity index is 713. The molecule has 1 atom stereocenters. The van der Waals surface area contributed by atoms with Crippen LogP contribution < -0.4 is 0 Å². The molecule has 298 valence electrons. The lowest BCUT2D eigenvalue weighted by Crippen LogP contribution is -2.28. The minimum atomic E-state index is -0.673. The lowest BCUT2D eigenvalue weighted by molar-refractivity contribution is -0.146. The van der Waals surface area contributed by atoms with Crippen LogP contribution in [0.4, 0.5) is 0 Å². The zero-order valence-corrected chi connectivity index (χ0v) is 33.9. The molecule has 6 nitrogen and oxygen atoms in total. The Labute approximate surface area is 310 Å². The highest BCUT2D eigenvalue weighted by Gasteiger charge is 2.30. The van der Waals surface area contributed by atoms with E-state index in [1.165, 1.54) is 173 Å². The summed E-state index contributed by atoms with van der Waals surface area (Å²) < 4.78 is 0. The molecule has 0 saturated carbocycles. The van der Waals surface area contributed by atoms with E-state index in [9.17, 15) is 19.5 Å². The molecule has 0 aliphatic carbocycles. The van der Waals surface area contributed by atoms with Gasteiger partial charge < -0.3 is 15.3 Å². The van der Waals surface area contributed by atoms with Gasteiger partial charge >= 0.3 is 17.9 Å².